The van der Waals surface area contributed by atoms with Crippen molar-refractivity contribution >= 4 is 40.6 Å². The van der Waals surface area contributed by atoms with Crippen LogP contribution in [0, 0.1) is 17.3 Å². The molecular weight excluding hydrogens is 251 g/mol. The van der Waals surface area contributed by atoms with Crippen LogP contribution in [-0.2, 0) is 14.4 Å². The third-order valence-electron chi connectivity index (χ3n) is 3.02. The fourth-order valence-electron chi connectivity index (χ4n) is 2.17. The molecule has 5 heteroatoms. The first-order valence-corrected chi connectivity index (χ1v) is 5.95. The van der Waals surface area contributed by atoms with E-state index in [0.29, 0.717) is 6.42 Å². The molecule has 2 unspecified atom stereocenters. The van der Waals surface area contributed by atoms with E-state index in [4.69, 9.17) is 23.2 Å². The number of hydrogen-bond donors (Lipinski definition) is 0. The van der Waals surface area contributed by atoms with E-state index in [1.807, 2.05) is 0 Å². The van der Waals surface area contributed by atoms with Crippen LogP contribution in [0.25, 0.3) is 0 Å². The SMILES string of the molecule is CC1CC(C)(C)C(=O)C(C(=O)C(Cl)Cl)C1=O. The second-order valence-corrected chi connectivity index (χ2v) is 5.99. The van der Waals surface area contributed by atoms with Gasteiger partial charge in [-0.25, -0.2) is 0 Å². The second kappa shape index (κ2) is 4.46. The minimum absolute atomic E-state index is 0.311. The highest BCUT2D eigenvalue weighted by molar-refractivity contribution is 6.55. The maximum Gasteiger partial charge on any atom is 0.183 e. The summed E-state index contributed by atoms with van der Waals surface area (Å²) in [6.45, 7) is 5.18. The van der Waals surface area contributed by atoms with Gasteiger partial charge in [0, 0.05) is 11.3 Å². The number of ketones is 3. The number of hydrogen-bond acceptors (Lipinski definition) is 3. The van der Waals surface area contributed by atoms with Gasteiger partial charge in [0.05, 0.1) is 0 Å². The number of Topliss-reactive ketones (excluding diaryl/α,β-unsaturated/α-hetero) is 3. The van der Waals surface area contributed by atoms with Crippen molar-refractivity contribution in [3.05, 3.63) is 0 Å². The van der Waals surface area contributed by atoms with E-state index in [-0.39, 0.29) is 17.5 Å². The molecule has 0 aliphatic heterocycles. The largest absolute Gasteiger partial charge is 0.298 e. The Hall–Kier alpha value is -0.410. The van der Waals surface area contributed by atoms with Crippen LogP contribution in [0.1, 0.15) is 27.2 Å². The van der Waals surface area contributed by atoms with Crippen molar-refractivity contribution in [3.8, 4) is 0 Å². The Morgan fingerprint density at radius 1 is 1.38 bits per heavy atom. The van der Waals surface area contributed by atoms with E-state index in [1.54, 1.807) is 20.8 Å². The molecule has 0 bridgehead atoms. The molecule has 0 amide bonds. The Kier molecular flexibility index (Phi) is 3.80. The van der Waals surface area contributed by atoms with Gasteiger partial charge in [0.15, 0.2) is 22.2 Å². The molecule has 0 heterocycles. The summed E-state index contributed by atoms with van der Waals surface area (Å²) in [5.41, 5.74) is -0.670. The van der Waals surface area contributed by atoms with Crippen LogP contribution in [0.4, 0.5) is 0 Å². The molecule has 0 aromatic carbocycles. The molecule has 1 rings (SSSR count). The molecule has 0 saturated heterocycles. The van der Waals surface area contributed by atoms with Crippen LogP contribution >= 0.6 is 23.2 Å². The van der Waals surface area contributed by atoms with E-state index in [9.17, 15) is 14.4 Å². The third-order valence-corrected chi connectivity index (χ3v) is 3.45. The average molecular weight is 265 g/mol. The lowest BCUT2D eigenvalue weighted by Crippen LogP contribution is -2.49. The quantitative estimate of drug-likeness (QED) is 0.568. The summed E-state index contributed by atoms with van der Waals surface area (Å²) >= 11 is 10.9. The van der Waals surface area contributed by atoms with E-state index < -0.39 is 22.0 Å². The molecule has 0 radical (unpaired) electrons. The lowest BCUT2D eigenvalue weighted by Gasteiger charge is -2.35. The Balaban J connectivity index is 3.09. The maximum absolute atomic E-state index is 12.0. The summed E-state index contributed by atoms with van der Waals surface area (Å²) < 4.78 is 0. The molecule has 2 atom stereocenters. The van der Waals surface area contributed by atoms with Crippen LogP contribution in [0.3, 0.4) is 0 Å². The summed E-state index contributed by atoms with van der Waals surface area (Å²) in [4.78, 5) is 34.1. The highest BCUT2D eigenvalue weighted by Crippen LogP contribution is 2.38. The van der Waals surface area contributed by atoms with E-state index in [2.05, 4.69) is 0 Å². The maximum atomic E-state index is 12.0. The first kappa shape index (κ1) is 13.7. The molecule has 0 aromatic rings. The molecule has 0 spiro atoms. The van der Waals surface area contributed by atoms with Crippen molar-refractivity contribution in [2.75, 3.05) is 0 Å². The van der Waals surface area contributed by atoms with E-state index in [1.165, 1.54) is 0 Å². The van der Waals surface area contributed by atoms with Gasteiger partial charge in [-0.3, -0.25) is 14.4 Å². The molecule has 1 aliphatic carbocycles. The zero-order chi connectivity index (χ0) is 12.7. The molecule has 16 heavy (non-hydrogen) atoms. The van der Waals surface area contributed by atoms with Crippen molar-refractivity contribution in [2.45, 2.75) is 32.0 Å². The average Bonchev–Trinajstić information content (AvgIpc) is 2.14. The Labute approximate surface area is 104 Å². The number of carbonyl (C=O) groups is 3. The normalized spacial score (nSPS) is 29.6. The highest BCUT2D eigenvalue weighted by Gasteiger charge is 2.49. The summed E-state index contributed by atoms with van der Waals surface area (Å²) in [5.74, 6) is -3.02. The smallest absolute Gasteiger partial charge is 0.183 e. The van der Waals surface area contributed by atoms with Crippen LogP contribution in [0.2, 0.25) is 0 Å². The standard InChI is InChI=1S/C11H14Cl2O3/c1-5-4-11(2,3)9(16)6(7(5)14)8(15)10(12)13/h5-6,10H,4H2,1-3H3. The Bertz CT molecular complexity index is 339. The second-order valence-electron chi connectivity index (χ2n) is 4.89. The molecule has 1 aliphatic rings. The molecule has 1 saturated carbocycles. The third kappa shape index (κ3) is 2.30. The zero-order valence-electron chi connectivity index (χ0n) is 9.42. The Morgan fingerprint density at radius 3 is 2.31 bits per heavy atom. The van der Waals surface area contributed by atoms with Crippen LogP contribution in [0.15, 0.2) is 0 Å². The van der Waals surface area contributed by atoms with Crippen molar-refractivity contribution in [2.24, 2.45) is 17.3 Å². The summed E-state index contributed by atoms with van der Waals surface area (Å²) in [6, 6.07) is 0. The van der Waals surface area contributed by atoms with Gasteiger partial charge in [-0.05, 0) is 6.42 Å². The van der Waals surface area contributed by atoms with Crippen LogP contribution in [-0.4, -0.2) is 22.2 Å². The van der Waals surface area contributed by atoms with Gasteiger partial charge >= 0.3 is 0 Å². The van der Waals surface area contributed by atoms with Crippen molar-refractivity contribution in [1.29, 1.82) is 0 Å². The molecular formula is C11H14Cl2O3. The highest BCUT2D eigenvalue weighted by atomic mass is 35.5. The van der Waals surface area contributed by atoms with Gasteiger partial charge < -0.3 is 0 Å². The topological polar surface area (TPSA) is 51.2 Å². The molecule has 0 aromatic heterocycles. The summed E-state index contributed by atoms with van der Waals surface area (Å²) in [7, 11) is 0. The first-order chi connectivity index (χ1) is 7.18. The predicted octanol–water partition coefficient (Wildman–Crippen LogP) is 2.18. The minimum Gasteiger partial charge on any atom is -0.298 e. The summed E-state index contributed by atoms with van der Waals surface area (Å²) in [6.07, 6.45) is 0.462. The Morgan fingerprint density at radius 2 is 1.88 bits per heavy atom. The van der Waals surface area contributed by atoms with Gasteiger partial charge in [-0.2, -0.15) is 0 Å². The molecule has 90 valence electrons. The fourth-order valence-corrected chi connectivity index (χ4v) is 2.42. The first-order valence-electron chi connectivity index (χ1n) is 5.08. The van der Waals surface area contributed by atoms with E-state index in [0.717, 1.165) is 0 Å². The van der Waals surface area contributed by atoms with Crippen LogP contribution in [0.5, 0.6) is 0 Å². The van der Waals surface area contributed by atoms with Crippen molar-refractivity contribution in [3.63, 3.8) is 0 Å². The molecule has 0 N–H and O–H groups in total. The summed E-state index contributed by atoms with van der Waals surface area (Å²) in [5, 5.41) is 0. The van der Waals surface area contributed by atoms with Crippen molar-refractivity contribution < 1.29 is 14.4 Å². The zero-order valence-corrected chi connectivity index (χ0v) is 10.9. The number of alkyl halides is 2. The number of rotatable bonds is 2. The minimum atomic E-state index is -1.32. The lowest BCUT2D eigenvalue weighted by atomic mass is 9.65. The fraction of sp³-hybridized carbons (Fsp3) is 0.727. The monoisotopic (exact) mass is 264 g/mol. The lowest BCUT2D eigenvalue weighted by molar-refractivity contribution is -0.150. The van der Waals surface area contributed by atoms with Crippen LogP contribution < -0.4 is 0 Å². The van der Waals surface area contributed by atoms with Gasteiger partial charge in [0.2, 0.25) is 0 Å². The van der Waals surface area contributed by atoms with Crippen molar-refractivity contribution in [1.82, 2.24) is 0 Å². The van der Waals surface area contributed by atoms with E-state index >= 15 is 0 Å². The van der Waals surface area contributed by atoms with Gasteiger partial charge in [-0.1, -0.05) is 44.0 Å². The van der Waals surface area contributed by atoms with Gasteiger partial charge in [-0.15, -0.1) is 0 Å². The van der Waals surface area contributed by atoms with Gasteiger partial charge in [0.1, 0.15) is 5.92 Å². The predicted molar refractivity (Wildman–Crippen MR) is 61.6 cm³/mol. The number of halogens is 2. The molecule has 3 nitrogen and oxygen atoms in total. The van der Waals surface area contributed by atoms with Gasteiger partial charge in [0.25, 0.3) is 0 Å². The molecule has 1 fully saturated rings. The number of carbonyl (C=O) groups excluding carboxylic acids is 3.